The standard InChI is InChI=1S/C21H26ClN3O6S/c1-4-14-19(29-3)24-21(32-11-15-13(2)9-10-23-18(15)22)25-20(14)31-12-30-17(28)8-6-5-7-16(26)27/h9-10H,4-8,11-12H2,1-3H3,(H,26,27). The summed E-state index contributed by atoms with van der Waals surface area (Å²) in [4.78, 5) is 35.3. The van der Waals surface area contributed by atoms with Crippen molar-refractivity contribution in [2.45, 2.75) is 56.9 Å². The van der Waals surface area contributed by atoms with Gasteiger partial charge in [-0.2, -0.15) is 9.97 Å². The van der Waals surface area contributed by atoms with E-state index < -0.39 is 11.9 Å². The first-order valence-corrected chi connectivity index (χ1v) is 11.4. The maximum atomic E-state index is 11.8. The Morgan fingerprint density at radius 2 is 1.88 bits per heavy atom. The number of halogens is 1. The Balaban J connectivity index is 2.01. The van der Waals surface area contributed by atoms with Crippen LogP contribution in [0.25, 0.3) is 0 Å². The highest BCUT2D eigenvalue weighted by Gasteiger charge is 2.17. The summed E-state index contributed by atoms with van der Waals surface area (Å²) in [6, 6.07) is 1.88. The number of methoxy groups -OCH3 is 1. The van der Waals surface area contributed by atoms with E-state index >= 15 is 0 Å². The van der Waals surface area contributed by atoms with Gasteiger partial charge in [-0.3, -0.25) is 9.59 Å². The van der Waals surface area contributed by atoms with Crippen molar-refractivity contribution in [3.63, 3.8) is 0 Å². The number of aliphatic carboxylic acids is 1. The minimum atomic E-state index is -0.888. The van der Waals surface area contributed by atoms with Crippen molar-refractivity contribution in [3.05, 3.63) is 34.1 Å². The minimum absolute atomic E-state index is 0.0224. The van der Waals surface area contributed by atoms with Crippen LogP contribution in [-0.2, 0) is 26.5 Å². The molecule has 0 aliphatic heterocycles. The van der Waals surface area contributed by atoms with Crippen LogP contribution in [-0.4, -0.2) is 45.9 Å². The van der Waals surface area contributed by atoms with E-state index in [1.165, 1.54) is 18.9 Å². The Kier molecular flexibility index (Phi) is 10.5. The van der Waals surface area contributed by atoms with Crippen LogP contribution < -0.4 is 9.47 Å². The zero-order valence-electron chi connectivity index (χ0n) is 18.2. The number of ether oxygens (including phenoxy) is 3. The van der Waals surface area contributed by atoms with E-state index in [2.05, 4.69) is 15.0 Å². The molecule has 32 heavy (non-hydrogen) atoms. The van der Waals surface area contributed by atoms with Gasteiger partial charge in [-0.25, -0.2) is 4.98 Å². The molecule has 2 heterocycles. The van der Waals surface area contributed by atoms with Crippen LogP contribution in [0.1, 0.15) is 49.3 Å². The molecule has 0 amide bonds. The predicted octanol–water partition coefficient (Wildman–Crippen LogP) is 4.22. The number of carbonyl (C=O) groups excluding carboxylic acids is 1. The van der Waals surface area contributed by atoms with Gasteiger partial charge in [-0.05, 0) is 37.8 Å². The summed E-state index contributed by atoms with van der Waals surface area (Å²) in [5.74, 6) is -0.187. The molecule has 2 aromatic rings. The number of unbranched alkanes of at least 4 members (excludes halogenated alkanes) is 1. The molecule has 0 saturated heterocycles. The molecule has 0 unspecified atom stereocenters. The summed E-state index contributed by atoms with van der Waals surface area (Å²) in [5, 5.41) is 9.48. The molecule has 1 N–H and O–H groups in total. The summed E-state index contributed by atoms with van der Waals surface area (Å²) in [5.41, 5.74) is 2.56. The fourth-order valence-electron chi connectivity index (χ4n) is 2.71. The van der Waals surface area contributed by atoms with Crippen molar-refractivity contribution in [1.82, 2.24) is 15.0 Å². The summed E-state index contributed by atoms with van der Waals surface area (Å²) >= 11 is 7.56. The van der Waals surface area contributed by atoms with Crippen LogP contribution in [0.4, 0.5) is 0 Å². The number of aromatic nitrogens is 3. The second kappa shape index (κ2) is 13.1. The molecular weight excluding hydrogens is 458 g/mol. The van der Waals surface area contributed by atoms with Crippen LogP contribution in [0, 0.1) is 6.92 Å². The van der Waals surface area contributed by atoms with Gasteiger partial charge in [0.25, 0.3) is 0 Å². The number of nitrogens with zero attached hydrogens (tertiary/aromatic N) is 3. The number of hydrogen-bond acceptors (Lipinski definition) is 9. The molecule has 0 aromatic carbocycles. The average Bonchev–Trinajstić information content (AvgIpc) is 2.76. The van der Waals surface area contributed by atoms with E-state index in [1.807, 2.05) is 19.9 Å². The van der Waals surface area contributed by atoms with E-state index in [-0.39, 0.29) is 25.5 Å². The molecule has 0 fully saturated rings. The van der Waals surface area contributed by atoms with Crippen molar-refractivity contribution in [1.29, 1.82) is 0 Å². The highest BCUT2D eigenvalue weighted by atomic mass is 35.5. The maximum absolute atomic E-state index is 11.8. The van der Waals surface area contributed by atoms with Gasteiger partial charge in [-0.15, -0.1) is 0 Å². The Labute approximate surface area is 195 Å². The molecule has 0 radical (unpaired) electrons. The van der Waals surface area contributed by atoms with Crippen LogP contribution in [0.3, 0.4) is 0 Å². The summed E-state index contributed by atoms with van der Waals surface area (Å²) < 4.78 is 16.1. The first-order chi connectivity index (χ1) is 15.3. The topological polar surface area (TPSA) is 121 Å². The number of aryl methyl sites for hydroxylation is 1. The van der Waals surface area contributed by atoms with Crippen LogP contribution in [0.2, 0.25) is 5.15 Å². The molecule has 0 aliphatic rings. The summed E-state index contributed by atoms with van der Waals surface area (Å²) in [6.07, 6.45) is 3.20. The number of carboxylic acid groups (broad SMARTS) is 1. The smallest absolute Gasteiger partial charge is 0.308 e. The molecule has 0 saturated carbocycles. The van der Waals surface area contributed by atoms with Gasteiger partial charge in [-0.1, -0.05) is 30.3 Å². The summed E-state index contributed by atoms with van der Waals surface area (Å²) in [7, 11) is 1.51. The van der Waals surface area contributed by atoms with Gasteiger partial charge < -0.3 is 19.3 Å². The SMILES string of the molecule is CCc1c(OC)nc(SCc2c(C)ccnc2Cl)nc1OCOC(=O)CCCCC(=O)O. The number of thioether (sulfide) groups is 1. The van der Waals surface area contributed by atoms with Gasteiger partial charge in [0.15, 0.2) is 5.16 Å². The van der Waals surface area contributed by atoms with Crippen molar-refractivity contribution in [2.24, 2.45) is 0 Å². The molecule has 2 rings (SSSR count). The van der Waals surface area contributed by atoms with Crippen molar-refractivity contribution < 1.29 is 28.9 Å². The Hall–Kier alpha value is -2.59. The third kappa shape index (κ3) is 7.83. The largest absolute Gasteiger partial charge is 0.481 e. The van der Waals surface area contributed by atoms with E-state index in [1.54, 1.807) is 6.20 Å². The van der Waals surface area contributed by atoms with Gasteiger partial charge in [0.05, 0.1) is 12.7 Å². The van der Waals surface area contributed by atoms with Gasteiger partial charge in [0.2, 0.25) is 18.6 Å². The van der Waals surface area contributed by atoms with Crippen LogP contribution >= 0.6 is 23.4 Å². The van der Waals surface area contributed by atoms with Gasteiger partial charge in [0, 0.05) is 30.4 Å². The van der Waals surface area contributed by atoms with E-state index in [9.17, 15) is 9.59 Å². The summed E-state index contributed by atoms with van der Waals surface area (Å²) in [6.45, 7) is 3.55. The molecule has 0 atom stereocenters. The third-order valence-electron chi connectivity index (χ3n) is 4.48. The van der Waals surface area contributed by atoms with E-state index in [0.29, 0.717) is 46.8 Å². The Morgan fingerprint density at radius 1 is 1.16 bits per heavy atom. The molecule has 0 aliphatic carbocycles. The lowest BCUT2D eigenvalue weighted by Crippen LogP contribution is -2.13. The normalized spacial score (nSPS) is 10.6. The highest BCUT2D eigenvalue weighted by molar-refractivity contribution is 7.98. The van der Waals surface area contributed by atoms with E-state index in [4.69, 9.17) is 30.9 Å². The highest BCUT2D eigenvalue weighted by Crippen LogP contribution is 2.32. The van der Waals surface area contributed by atoms with Crippen molar-refractivity contribution in [3.8, 4) is 11.8 Å². The average molecular weight is 484 g/mol. The number of hydrogen-bond donors (Lipinski definition) is 1. The zero-order chi connectivity index (χ0) is 23.5. The lowest BCUT2D eigenvalue weighted by atomic mass is 10.2. The number of esters is 1. The minimum Gasteiger partial charge on any atom is -0.481 e. The lowest BCUT2D eigenvalue weighted by Gasteiger charge is -2.14. The number of rotatable bonds is 13. The van der Waals surface area contributed by atoms with Gasteiger partial charge >= 0.3 is 11.9 Å². The number of carbonyl (C=O) groups is 2. The van der Waals surface area contributed by atoms with Crippen LogP contribution in [0.5, 0.6) is 11.8 Å². The first kappa shape index (κ1) is 25.7. The number of carboxylic acids is 1. The molecule has 2 aromatic heterocycles. The lowest BCUT2D eigenvalue weighted by molar-refractivity contribution is -0.150. The molecule has 0 spiro atoms. The van der Waals surface area contributed by atoms with Crippen LogP contribution in [0.15, 0.2) is 17.4 Å². The molecule has 174 valence electrons. The maximum Gasteiger partial charge on any atom is 0.308 e. The molecule has 0 bridgehead atoms. The second-order valence-electron chi connectivity index (χ2n) is 6.72. The monoisotopic (exact) mass is 483 g/mol. The van der Waals surface area contributed by atoms with Crippen molar-refractivity contribution >= 4 is 35.3 Å². The zero-order valence-corrected chi connectivity index (χ0v) is 19.8. The fourth-order valence-corrected chi connectivity index (χ4v) is 4.00. The fraction of sp³-hybridized carbons (Fsp3) is 0.476. The molecule has 9 nitrogen and oxygen atoms in total. The molecular formula is C21H26ClN3O6S. The number of pyridine rings is 1. The second-order valence-corrected chi connectivity index (χ2v) is 8.02. The quantitative estimate of drug-likeness (QED) is 0.111. The Bertz CT molecular complexity index is 924. The van der Waals surface area contributed by atoms with E-state index in [0.717, 1.165) is 11.1 Å². The Morgan fingerprint density at radius 3 is 2.53 bits per heavy atom. The van der Waals surface area contributed by atoms with Gasteiger partial charge in [0.1, 0.15) is 5.15 Å². The van der Waals surface area contributed by atoms with Crippen molar-refractivity contribution in [2.75, 3.05) is 13.9 Å². The third-order valence-corrected chi connectivity index (χ3v) is 5.68. The predicted molar refractivity (Wildman–Crippen MR) is 119 cm³/mol. The molecule has 11 heteroatoms. The first-order valence-electron chi connectivity index (χ1n) is 10.0.